The van der Waals surface area contributed by atoms with E-state index in [-0.39, 0.29) is 24.4 Å². The first-order valence-corrected chi connectivity index (χ1v) is 7.00. The number of carbonyl (C=O) groups is 1. The lowest BCUT2D eigenvalue weighted by Crippen LogP contribution is -2.24. The van der Waals surface area contributed by atoms with E-state index in [4.69, 9.17) is 9.84 Å². The summed E-state index contributed by atoms with van der Waals surface area (Å²) in [5.74, 6) is -0.521. The molecule has 23 heavy (non-hydrogen) atoms. The average Bonchev–Trinajstić information content (AvgIpc) is 2.59. The molecule has 2 aromatic rings. The van der Waals surface area contributed by atoms with E-state index in [0.29, 0.717) is 11.3 Å². The molecular weight excluding hydrogens is 299 g/mol. The maximum Gasteiger partial charge on any atom is 0.274 e. The van der Waals surface area contributed by atoms with Crippen LogP contribution in [0.5, 0.6) is 5.75 Å². The Bertz CT molecular complexity index is 704. The predicted molar refractivity (Wildman–Crippen MR) is 83.4 cm³/mol. The molecule has 0 aliphatic carbocycles. The summed E-state index contributed by atoms with van der Waals surface area (Å²) in [5.41, 5.74) is 1.02. The van der Waals surface area contributed by atoms with E-state index in [1.54, 1.807) is 24.3 Å². The zero-order valence-electron chi connectivity index (χ0n) is 12.5. The zero-order valence-corrected chi connectivity index (χ0v) is 12.5. The number of hydrogen-bond donors (Lipinski definition) is 2. The van der Waals surface area contributed by atoms with Crippen LogP contribution in [-0.2, 0) is 13.2 Å². The fourth-order valence-electron chi connectivity index (χ4n) is 1.95. The van der Waals surface area contributed by atoms with E-state index >= 15 is 0 Å². The minimum Gasteiger partial charge on any atom is -0.487 e. The van der Waals surface area contributed by atoms with Gasteiger partial charge in [0.05, 0.1) is 6.61 Å². The van der Waals surface area contributed by atoms with Crippen LogP contribution in [0.2, 0.25) is 0 Å². The van der Waals surface area contributed by atoms with Crippen LogP contribution in [0.25, 0.3) is 0 Å². The van der Waals surface area contributed by atoms with Crippen LogP contribution in [0.4, 0.5) is 4.39 Å². The van der Waals surface area contributed by atoms with Gasteiger partial charge in [0.25, 0.3) is 5.91 Å². The van der Waals surface area contributed by atoms with Gasteiger partial charge in [-0.05, 0) is 29.8 Å². The summed E-state index contributed by atoms with van der Waals surface area (Å²) in [7, 11) is 0. The number of halogens is 1. The van der Waals surface area contributed by atoms with Gasteiger partial charge in [-0.15, -0.1) is 0 Å². The molecule has 1 aromatic carbocycles. The van der Waals surface area contributed by atoms with Gasteiger partial charge in [-0.25, -0.2) is 9.37 Å². The van der Waals surface area contributed by atoms with Gasteiger partial charge in [-0.2, -0.15) is 0 Å². The molecule has 2 N–H and O–H groups in total. The molecule has 0 unspecified atom stereocenters. The summed E-state index contributed by atoms with van der Waals surface area (Å²) in [6, 6.07) is 7.62. The van der Waals surface area contributed by atoms with E-state index < -0.39 is 18.3 Å². The van der Waals surface area contributed by atoms with E-state index in [2.05, 4.69) is 16.9 Å². The first-order valence-electron chi connectivity index (χ1n) is 7.00. The fourth-order valence-corrected chi connectivity index (χ4v) is 1.95. The van der Waals surface area contributed by atoms with Crippen molar-refractivity contribution in [2.45, 2.75) is 13.2 Å². The number of amides is 1. The Morgan fingerprint density at radius 2 is 2.26 bits per heavy atom. The molecule has 6 heteroatoms. The third kappa shape index (κ3) is 4.37. The van der Waals surface area contributed by atoms with Gasteiger partial charge >= 0.3 is 0 Å². The number of aliphatic hydroxyl groups excluding tert-OH is 1. The number of benzene rings is 1. The van der Waals surface area contributed by atoms with Crippen molar-refractivity contribution < 1.29 is 19.0 Å². The summed E-state index contributed by atoms with van der Waals surface area (Å²) in [4.78, 5) is 16.2. The number of aliphatic hydroxyl groups is 1. The van der Waals surface area contributed by atoms with Gasteiger partial charge < -0.3 is 15.2 Å². The Morgan fingerprint density at radius 3 is 3.00 bits per heavy atom. The Kier molecular flexibility index (Phi) is 5.82. The fraction of sp³-hybridized carbons (Fsp3) is 0.176. The molecule has 0 saturated heterocycles. The summed E-state index contributed by atoms with van der Waals surface area (Å²) >= 11 is 0. The molecule has 0 aliphatic heterocycles. The molecular formula is C17H17FN2O3. The van der Waals surface area contributed by atoms with Crippen molar-refractivity contribution in [1.29, 1.82) is 0 Å². The molecule has 0 aliphatic rings. The van der Waals surface area contributed by atoms with Gasteiger partial charge in [0, 0.05) is 18.3 Å². The molecule has 1 aromatic heterocycles. The molecule has 120 valence electrons. The van der Waals surface area contributed by atoms with Crippen molar-refractivity contribution >= 4 is 5.91 Å². The molecule has 0 spiro atoms. The van der Waals surface area contributed by atoms with Crippen LogP contribution < -0.4 is 10.1 Å². The quantitative estimate of drug-likeness (QED) is 0.768. The molecule has 0 radical (unpaired) electrons. The molecule has 1 amide bonds. The third-order valence-electron chi connectivity index (χ3n) is 3.08. The number of carbonyl (C=O) groups excluding carboxylic acids is 1. The Hall–Kier alpha value is -2.73. The molecule has 5 nitrogen and oxygen atoms in total. The average molecular weight is 316 g/mol. The Morgan fingerprint density at radius 1 is 1.43 bits per heavy atom. The standard InChI is InChI=1S/C17H17FN2O3/c1-2-8-23-15-4-3-7-19-16(15)17(22)20-10-12-5-6-14(18)13(9-12)11-21/h2-7,9,21H,1,8,10-11H2,(H,20,22). The second-order valence-electron chi connectivity index (χ2n) is 4.72. The number of rotatable bonds is 7. The van der Waals surface area contributed by atoms with E-state index in [1.807, 2.05) is 0 Å². The highest BCUT2D eigenvalue weighted by Gasteiger charge is 2.13. The number of aromatic nitrogens is 1. The molecule has 0 fully saturated rings. The maximum absolute atomic E-state index is 13.3. The van der Waals surface area contributed by atoms with Crippen molar-refractivity contribution in [3.05, 3.63) is 71.8 Å². The highest BCUT2D eigenvalue weighted by atomic mass is 19.1. The van der Waals surface area contributed by atoms with E-state index in [9.17, 15) is 9.18 Å². The minimum atomic E-state index is -0.479. The summed E-state index contributed by atoms with van der Waals surface area (Å²) in [6.07, 6.45) is 3.07. The van der Waals surface area contributed by atoms with Crippen LogP contribution in [0.15, 0.2) is 49.2 Å². The highest BCUT2D eigenvalue weighted by Crippen LogP contribution is 2.16. The van der Waals surface area contributed by atoms with Crippen LogP contribution >= 0.6 is 0 Å². The normalized spacial score (nSPS) is 10.2. The second-order valence-corrected chi connectivity index (χ2v) is 4.72. The summed E-state index contributed by atoms with van der Waals surface area (Å²) in [6.45, 7) is 3.61. The van der Waals surface area contributed by atoms with E-state index in [0.717, 1.165) is 0 Å². The van der Waals surface area contributed by atoms with Crippen molar-refractivity contribution in [3.8, 4) is 5.75 Å². The SMILES string of the molecule is C=CCOc1cccnc1C(=O)NCc1ccc(F)c(CO)c1. The van der Waals surface area contributed by atoms with Gasteiger partial charge in [0.1, 0.15) is 12.4 Å². The van der Waals surface area contributed by atoms with E-state index in [1.165, 1.54) is 18.3 Å². The number of ether oxygens (including phenoxy) is 1. The Balaban J connectivity index is 2.06. The predicted octanol–water partition coefficient (Wildman–Crippen LogP) is 2.21. The van der Waals surface area contributed by atoms with Crippen molar-refractivity contribution in [2.24, 2.45) is 0 Å². The largest absolute Gasteiger partial charge is 0.487 e. The summed E-state index contributed by atoms with van der Waals surface area (Å²) in [5, 5.41) is 11.7. The van der Waals surface area contributed by atoms with Crippen LogP contribution in [-0.4, -0.2) is 22.6 Å². The smallest absolute Gasteiger partial charge is 0.274 e. The van der Waals surface area contributed by atoms with Crippen molar-refractivity contribution in [1.82, 2.24) is 10.3 Å². The summed E-state index contributed by atoms with van der Waals surface area (Å²) < 4.78 is 18.7. The number of nitrogens with zero attached hydrogens (tertiary/aromatic N) is 1. The molecule has 0 bridgehead atoms. The highest BCUT2D eigenvalue weighted by molar-refractivity contribution is 5.94. The molecule has 0 atom stereocenters. The maximum atomic E-state index is 13.3. The van der Waals surface area contributed by atoms with Gasteiger partial charge in [0.15, 0.2) is 11.4 Å². The van der Waals surface area contributed by atoms with Crippen LogP contribution in [0.1, 0.15) is 21.6 Å². The van der Waals surface area contributed by atoms with Crippen LogP contribution in [0, 0.1) is 5.82 Å². The van der Waals surface area contributed by atoms with Crippen molar-refractivity contribution in [3.63, 3.8) is 0 Å². The van der Waals surface area contributed by atoms with Gasteiger partial charge in [-0.1, -0.05) is 18.7 Å². The first kappa shape index (κ1) is 16.6. The Labute approximate surface area is 133 Å². The number of nitrogens with one attached hydrogen (secondary N) is 1. The van der Waals surface area contributed by atoms with Crippen LogP contribution in [0.3, 0.4) is 0 Å². The van der Waals surface area contributed by atoms with Gasteiger partial charge in [0.2, 0.25) is 0 Å². The van der Waals surface area contributed by atoms with Crippen molar-refractivity contribution in [2.75, 3.05) is 6.61 Å². The lowest BCUT2D eigenvalue weighted by Gasteiger charge is -2.10. The first-order chi connectivity index (χ1) is 11.2. The molecule has 1 heterocycles. The zero-order chi connectivity index (χ0) is 16.7. The lowest BCUT2D eigenvalue weighted by molar-refractivity contribution is 0.0942. The third-order valence-corrected chi connectivity index (χ3v) is 3.08. The number of pyridine rings is 1. The lowest BCUT2D eigenvalue weighted by atomic mass is 10.1. The van der Waals surface area contributed by atoms with Gasteiger partial charge in [-0.3, -0.25) is 4.79 Å². The minimum absolute atomic E-state index is 0.166. The topological polar surface area (TPSA) is 71.5 Å². The molecule has 0 saturated carbocycles. The number of hydrogen-bond acceptors (Lipinski definition) is 4. The monoisotopic (exact) mass is 316 g/mol. The molecule has 2 rings (SSSR count). The second kappa shape index (κ2) is 8.05.